The molecule has 0 aliphatic carbocycles. The number of carbonyl (C=O) groups is 1. The Morgan fingerprint density at radius 1 is 1.33 bits per heavy atom. The Bertz CT molecular complexity index is 495. The SMILES string of the molecule is Cc1cccc(C)c1OC(=O)C(C)N1CC(C)OCC1C. The van der Waals surface area contributed by atoms with E-state index in [0.717, 1.165) is 17.7 Å². The van der Waals surface area contributed by atoms with Crippen molar-refractivity contribution in [3.63, 3.8) is 0 Å². The van der Waals surface area contributed by atoms with Crippen molar-refractivity contribution < 1.29 is 14.3 Å². The number of morpholine rings is 1. The zero-order chi connectivity index (χ0) is 15.6. The minimum atomic E-state index is -0.273. The molecule has 1 fully saturated rings. The molecular weight excluding hydrogens is 266 g/mol. The van der Waals surface area contributed by atoms with Gasteiger partial charge in [0.1, 0.15) is 11.8 Å². The topological polar surface area (TPSA) is 38.8 Å². The van der Waals surface area contributed by atoms with E-state index in [2.05, 4.69) is 11.8 Å². The largest absolute Gasteiger partial charge is 0.425 e. The van der Waals surface area contributed by atoms with Gasteiger partial charge in [-0.3, -0.25) is 4.90 Å². The van der Waals surface area contributed by atoms with Crippen LogP contribution in [-0.4, -0.2) is 42.2 Å². The number of para-hydroxylation sites is 1. The van der Waals surface area contributed by atoms with Gasteiger partial charge < -0.3 is 9.47 Å². The lowest BCUT2D eigenvalue weighted by atomic mass is 10.1. The van der Waals surface area contributed by atoms with Gasteiger partial charge in [-0.2, -0.15) is 0 Å². The highest BCUT2D eigenvalue weighted by molar-refractivity contribution is 5.78. The number of aryl methyl sites for hydroxylation is 2. The Labute approximate surface area is 127 Å². The summed E-state index contributed by atoms with van der Waals surface area (Å²) in [6, 6.07) is 5.84. The van der Waals surface area contributed by atoms with Crippen LogP contribution in [0.25, 0.3) is 0 Å². The summed E-state index contributed by atoms with van der Waals surface area (Å²) in [4.78, 5) is 14.6. The minimum Gasteiger partial charge on any atom is -0.425 e. The average molecular weight is 291 g/mol. The molecule has 1 aromatic rings. The van der Waals surface area contributed by atoms with Crippen molar-refractivity contribution in [1.29, 1.82) is 0 Å². The Morgan fingerprint density at radius 3 is 2.57 bits per heavy atom. The summed E-state index contributed by atoms with van der Waals surface area (Å²) in [5.41, 5.74) is 1.97. The second-order valence-corrected chi connectivity index (χ2v) is 6.01. The van der Waals surface area contributed by atoms with Crippen molar-refractivity contribution >= 4 is 5.97 Å². The first-order valence-corrected chi connectivity index (χ1v) is 7.55. The van der Waals surface area contributed by atoms with Crippen molar-refractivity contribution in [3.8, 4) is 5.75 Å². The molecule has 0 aromatic heterocycles. The lowest BCUT2D eigenvalue weighted by molar-refractivity contribution is -0.145. The van der Waals surface area contributed by atoms with Crippen LogP contribution in [0.4, 0.5) is 0 Å². The summed E-state index contributed by atoms with van der Waals surface area (Å²) in [5, 5.41) is 0. The maximum Gasteiger partial charge on any atom is 0.328 e. The van der Waals surface area contributed by atoms with Gasteiger partial charge in [-0.25, -0.2) is 4.79 Å². The van der Waals surface area contributed by atoms with Crippen molar-refractivity contribution in [2.45, 2.75) is 52.8 Å². The highest BCUT2D eigenvalue weighted by Crippen LogP contribution is 2.24. The van der Waals surface area contributed by atoms with Crippen LogP contribution in [0.15, 0.2) is 18.2 Å². The molecule has 1 aromatic carbocycles. The minimum absolute atomic E-state index is 0.150. The second-order valence-electron chi connectivity index (χ2n) is 6.01. The number of hydrogen-bond acceptors (Lipinski definition) is 4. The molecule has 0 N–H and O–H groups in total. The first kappa shape index (κ1) is 16.0. The average Bonchev–Trinajstić information content (AvgIpc) is 2.44. The van der Waals surface area contributed by atoms with E-state index in [9.17, 15) is 4.79 Å². The van der Waals surface area contributed by atoms with Crippen molar-refractivity contribution in [2.24, 2.45) is 0 Å². The van der Waals surface area contributed by atoms with Crippen molar-refractivity contribution in [1.82, 2.24) is 4.90 Å². The Hall–Kier alpha value is -1.39. The Kier molecular flexibility index (Phi) is 5.01. The van der Waals surface area contributed by atoms with Gasteiger partial charge >= 0.3 is 5.97 Å². The third kappa shape index (κ3) is 3.63. The molecule has 1 aliphatic heterocycles. The number of hydrogen-bond donors (Lipinski definition) is 0. The fraction of sp³-hybridized carbons (Fsp3) is 0.588. The lowest BCUT2D eigenvalue weighted by Gasteiger charge is -2.39. The second kappa shape index (κ2) is 6.58. The molecule has 4 nitrogen and oxygen atoms in total. The third-order valence-corrected chi connectivity index (χ3v) is 4.11. The molecule has 0 saturated carbocycles. The van der Waals surface area contributed by atoms with Gasteiger partial charge in [-0.1, -0.05) is 18.2 Å². The van der Waals surface area contributed by atoms with E-state index >= 15 is 0 Å². The highest BCUT2D eigenvalue weighted by Gasteiger charge is 2.32. The van der Waals surface area contributed by atoms with Gasteiger partial charge in [-0.15, -0.1) is 0 Å². The first-order chi connectivity index (χ1) is 9.90. The summed E-state index contributed by atoms with van der Waals surface area (Å²) in [6.07, 6.45) is 0.150. The maximum atomic E-state index is 12.5. The number of ether oxygens (including phenoxy) is 2. The molecule has 0 spiro atoms. The Morgan fingerprint density at radius 2 is 1.95 bits per heavy atom. The van der Waals surface area contributed by atoms with Crippen molar-refractivity contribution in [2.75, 3.05) is 13.2 Å². The number of carbonyl (C=O) groups excluding carboxylic acids is 1. The van der Waals surface area contributed by atoms with Crippen LogP contribution < -0.4 is 4.74 Å². The molecule has 116 valence electrons. The van der Waals surface area contributed by atoms with E-state index in [4.69, 9.17) is 9.47 Å². The first-order valence-electron chi connectivity index (χ1n) is 7.55. The number of esters is 1. The van der Waals surface area contributed by atoms with Crippen LogP contribution in [0.2, 0.25) is 0 Å². The van der Waals surface area contributed by atoms with Crippen LogP contribution in [0.1, 0.15) is 31.9 Å². The van der Waals surface area contributed by atoms with Crippen molar-refractivity contribution in [3.05, 3.63) is 29.3 Å². The summed E-state index contributed by atoms with van der Waals surface area (Å²) in [5.74, 6) is 0.483. The molecule has 0 amide bonds. The molecule has 2 rings (SSSR count). The summed E-state index contributed by atoms with van der Waals surface area (Å²) < 4.78 is 11.3. The number of benzene rings is 1. The number of nitrogens with zero attached hydrogens (tertiary/aromatic N) is 1. The smallest absolute Gasteiger partial charge is 0.328 e. The van der Waals surface area contributed by atoms with Crippen LogP contribution >= 0.6 is 0 Å². The summed E-state index contributed by atoms with van der Waals surface area (Å²) in [7, 11) is 0. The standard InChI is InChI=1S/C17H25NO3/c1-11-7-6-8-12(2)16(11)21-17(19)15(5)18-9-14(4)20-10-13(18)3/h6-8,13-15H,9-10H2,1-5H3. The van der Waals surface area contributed by atoms with Gasteiger partial charge in [0.05, 0.1) is 12.7 Å². The normalized spacial score (nSPS) is 24.6. The van der Waals surface area contributed by atoms with E-state index in [-0.39, 0.29) is 24.2 Å². The predicted molar refractivity (Wildman–Crippen MR) is 82.6 cm³/mol. The highest BCUT2D eigenvalue weighted by atomic mass is 16.5. The van der Waals surface area contributed by atoms with E-state index in [1.807, 2.05) is 45.9 Å². The lowest BCUT2D eigenvalue weighted by Crippen LogP contribution is -2.54. The number of rotatable bonds is 3. The van der Waals surface area contributed by atoms with E-state index in [0.29, 0.717) is 12.4 Å². The molecule has 4 heteroatoms. The predicted octanol–water partition coefficient (Wildman–Crippen LogP) is 2.71. The van der Waals surface area contributed by atoms with E-state index in [1.165, 1.54) is 0 Å². The third-order valence-electron chi connectivity index (χ3n) is 4.11. The Balaban J connectivity index is 2.09. The van der Waals surface area contributed by atoms with E-state index < -0.39 is 0 Å². The molecule has 1 aliphatic rings. The van der Waals surface area contributed by atoms with Gasteiger partial charge in [-0.05, 0) is 45.7 Å². The van der Waals surface area contributed by atoms with Gasteiger partial charge in [0.25, 0.3) is 0 Å². The summed E-state index contributed by atoms with van der Waals surface area (Å²) in [6.45, 7) is 11.3. The molecule has 21 heavy (non-hydrogen) atoms. The van der Waals surface area contributed by atoms with Crippen LogP contribution in [0, 0.1) is 13.8 Å². The molecule has 0 radical (unpaired) electrons. The maximum absolute atomic E-state index is 12.5. The fourth-order valence-corrected chi connectivity index (χ4v) is 2.75. The molecular formula is C17H25NO3. The monoisotopic (exact) mass is 291 g/mol. The van der Waals surface area contributed by atoms with Crippen LogP contribution in [0.3, 0.4) is 0 Å². The van der Waals surface area contributed by atoms with Crippen LogP contribution in [0.5, 0.6) is 5.75 Å². The zero-order valence-electron chi connectivity index (χ0n) is 13.6. The van der Waals surface area contributed by atoms with Gasteiger partial charge in [0, 0.05) is 12.6 Å². The molecule has 1 heterocycles. The molecule has 1 saturated heterocycles. The van der Waals surface area contributed by atoms with Gasteiger partial charge in [0.15, 0.2) is 0 Å². The quantitative estimate of drug-likeness (QED) is 0.634. The fourth-order valence-electron chi connectivity index (χ4n) is 2.75. The molecule has 3 atom stereocenters. The summed E-state index contributed by atoms with van der Waals surface area (Å²) >= 11 is 0. The van der Waals surface area contributed by atoms with E-state index in [1.54, 1.807) is 0 Å². The van der Waals surface area contributed by atoms with Crippen LogP contribution in [-0.2, 0) is 9.53 Å². The molecule has 0 bridgehead atoms. The molecule has 3 unspecified atom stereocenters. The van der Waals surface area contributed by atoms with Gasteiger partial charge in [0.2, 0.25) is 0 Å². The zero-order valence-corrected chi connectivity index (χ0v) is 13.6.